The number of sulfonamides is 1. The zero-order chi connectivity index (χ0) is 61.8. The summed E-state index contributed by atoms with van der Waals surface area (Å²) in [4.78, 5) is 51.4. The number of nitro groups is 1. The number of carbonyl (C=O) groups is 1. The number of hydrogen-bond acceptors (Lipinski definition) is 19. The smallest absolute Gasteiger partial charge is 0.293 e. The first-order chi connectivity index (χ1) is 42.9. The van der Waals surface area contributed by atoms with Crippen LogP contribution in [0.1, 0.15) is 113 Å². The van der Waals surface area contributed by atoms with Crippen molar-refractivity contribution in [2.75, 3.05) is 99.4 Å². The fourth-order valence-electron chi connectivity index (χ4n) is 14.9. The Morgan fingerprint density at radius 3 is 2.49 bits per heavy atom. The predicted molar refractivity (Wildman–Crippen MR) is 339 cm³/mol. The Morgan fingerprint density at radius 1 is 0.921 bits per heavy atom. The highest BCUT2D eigenvalue weighted by atomic mass is 32.2. The number of aromatic nitrogens is 3. The number of anilines is 5. The molecule has 5 aliphatic heterocycles. The third kappa shape index (κ3) is 12.5. The maximum atomic E-state index is 14.9. The average Bonchev–Trinajstić information content (AvgIpc) is 1.45. The molecular weight excluding hydrogens is 1150 g/mol. The summed E-state index contributed by atoms with van der Waals surface area (Å²) in [6.07, 6.45) is 10.8. The zero-order valence-corrected chi connectivity index (χ0v) is 52.4. The number of fused-ring (bicyclic) bond motifs is 3. The van der Waals surface area contributed by atoms with Gasteiger partial charge in [0, 0.05) is 100 Å². The third-order valence-corrected chi connectivity index (χ3v) is 21.2. The highest BCUT2D eigenvalue weighted by Gasteiger charge is 2.51. The van der Waals surface area contributed by atoms with E-state index < -0.39 is 43.1 Å². The number of piperazine rings is 1. The van der Waals surface area contributed by atoms with Crippen LogP contribution in [-0.2, 0) is 26.0 Å². The first-order valence-corrected chi connectivity index (χ1v) is 33.2. The van der Waals surface area contributed by atoms with E-state index in [0.29, 0.717) is 74.6 Å². The molecule has 0 radical (unpaired) electrons. The highest BCUT2D eigenvalue weighted by molar-refractivity contribution is 7.90. The van der Waals surface area contributed by atoms with Crippen molar-refractivity contribution in [3.63, 3.8) is 0 Å². The maximum absolute atomic E-state index is 14.9. The minimum absolute atomic E-state index is 0.0214. The summed E-state index contributed by atoms with van der Waals surface area (Å²) in [6.45, 7) is 16.3. The van der Waals surface area contributed by atoms with Crippen LogP contribution < -0.4 is 38.9 Å². The van der Waals surface area contributed by atoms with Crippen molar-refractivity contribution >= 4 is 61.2 Å². The zero-order valence-electron chi connectivity index (χ0n) is 51.6. The second-order valence-electron chi connectivity index (χ2n) is 26.3. The summed E-state index contributed by atoms with van der Waals surface area (Å²) in [7, 11) is -2.94. The Bertz CT molecular complexity index is 3690. The fourth-order valence-corrected chi connectivity index (χ4v) is 15.9. The maximum Gasteiger partial charge on any atom is 0.293 e. The molecule has 0 unspecified atom stereocenters. The van der Waals surface area contributed by atoms with Crippen LogP contribution in [0.25, 0.3) is 11.0 Å². The van der Waals surface area contributed by atoms with Gasteiger partial charge in [-0.1, -0.05) is 18.2 Å². The van der Waals surface area contributed by atoms with Crippen molar-refractivity contribution in [3.05, 3.63) is 118 Å². The number of nitrogens with zero attached hydrogens (tertiary/aromatic N) is 8. The first-order valence-electron chi connectivity index (χ1n) is 31.7. The number of ether oxygens (including phenoxy) is 5. The molecule has 2 saturated carbocycles. The van der Waals surface area contributed by atoms with Crippen LogP contribution in [-0.4, -0.2) is 164 Å². The van der Waals surface area contributed by atoms with Crippen LogP contribution >= 0.6 is 0 Å². The molecule has 7 aliphatic rings. The molecule has 13 rings (SSSR count). The molecule has 3 aromatic heterocycles. The predicted octanol–water partition coefficient (Wildman–Crippen LogP) is 9.35. The molecule has 22 nitrogen and oxygen atoms in total. The number of aliphatic hydroxyl groups is 1. The van der Waals surface area contributed by atoms with Gasteiger partial charge in [0.25, 0.3) is 21.6 Å². The normalized spacial score (nSPS) is 25.0. The molecule has 6 aromatic rings. The molecule has 1 amide bonds. The Hall–Kier alpha value is -7.28. The van der Waals surface area contributed by atoms with Crippen LogP contribution in [0.5, 0.6) is 17.4 Å². The van der Waals surface area contributed by atoms with Gasteiger partial charge in [-0.15, -0.1) is 0 Å². The minimum atomic E-state index is -4.66. The number of hydrogen-bond donors (Lipinski definition) is 4. The van der Waals surface area contributed by atoms with Gasteiger partial charge in [0.15, 0.2) is 11.6 Å². The number of pyridine rings is 2. The number of rotatable bonds is 17. The lowest BCUT2D eigenvalue weighted by Gasteiger charge is -2.58. The summed E-state index contributed by atoms with van der Waals surface area (Å²) in [5, 5.41) is 26.9. The van der Waals surface area contributed by atoms with Gasteiger partial charge in [-0.25, -0.2) is 18.1 Å². The van der Waals surface area contributed by atoms with Crippen molar-refractivity contribution in [3.8, 4) is 17.4 Å². The number of H-pyrrole nitrogens is 1. The molecule has 8 heterocycles. The number of amides is 1. The number of carbonyl (C=O) groups excluding carboxylic acids is 1. The van der Waals surface area contributed by atoms with Gasteiger partial charge in [-0.3, -0.25) is 24.7 Å². The van der Waals surface area contributed by atoms with Crippen LogP contribution in [0.3, 0.4) is 0 Å². The van der Waals surface area contributed by atoms with E-state index in [-0.39, 0.29) is 53.4 Å². The Morgan fingerprint density at radius 2 is 1.72 bits per heavy atom. The van der Waals surface area contributed by atoms with Crippen LogP contribution in [0.4, 0.5) is 34.3 Å². The van der Waals surface area contributed by atoms with E-state index in [0.717, 1.165) is 124 Å². The van der Waals surface area contributed by atoms with Crippen molar-refractivity contribution in [1.29, 1.82) is 0 Å². The van der Waals surface area contributed by atoms with Gasteiger partial charge in [0.2, 0.25) is 5.88 Å². The van der Waals surface area contributed by atoms with Crippen molar-refractivity contribution in [2.45, 2.75) is 139 Å². The number of methoxy groups -OCH3 is 1. The molecule has 4 N–H and O–H groups in total. The lowest BCUT2D eigenvalue weighted by atomic mass is 9.59. The molecule has 474 valence electrons. The standard InChI is InChI=1S/C66H83N11O11S/c1-42(2)87-58-9-7-6-8-50(58)57-39-72(38-45-30-59(84-5)62(69-37-45)74-27-29-86-40-43(74)3)25-26-75(57)48-34-66(35-48)20-23-73(24-21-66)47-10-12-51(54(32-47)76-53-17-28-85-41-60(53)88-64-56(76)31-46-16-22-67-61(46)70-64)63(78)71-89(82,83)49-11-13-52(55(33-49)77(80)81)68-36-44-14-18-65(4,79)19-15-44/h6-13,16,22,30-33,37,42-44,48,53,57,60,68,79H,14-15,17-21,23-29,34-36,38-41H2,1-5H3,(H,67,70)(H,71,78)/t43-,44?,53-,57+,60-,65?/m0/s1. The van der Waals surface area contributed by atoms with Crippen LogP contribution in [0.2, 0.25) is 0 Å². The van der Waals surface area contributed by atoms with Gasteiger partial charge in [0.05, 0.1) is 77.8 Å². The van der Waals surface area contributed by atoms with E-state index in [1.165, 1.54) is 17.7 Å². The largest absolute Gasteiger partial charge is 0.493 e. The molecule has 3 aromatic carbocycles. The first kappa shape index (κ1) is 60.6. The summed E-state index contributed by atoms with van der Waals surface area (Å²) >= 11 is 0. The number of aromatic amines is 1. The molecule has 23 heteroatoms. The number of para-hydroxylation sites is 1. The Balaban J connectivity index is 0.744. The van der Waals surface area contributed by atoms with E-state index >= 15 is 0 Å². The molecule has 89 heavy (non-hydrogen) atoms. The topological polar surface area (TPSA) is 243 Å². The average molecular weight is 1240 g/mol. The summed E-state index contributed by atoms with van der Waals surface area (Å²) < 4.78 is 61.7. The number of nitrogens with one attached hydrogen (secondary N) is 3. The number of benzene rings is 3. The van der Waals surface area contributed by atoms with E-state index in [9.17, 15) is 28.4 Å². The van der Waals surface area contributed by atoms with Gasteiger partial charge in [-0.05, 0) is 157 Å². The quantitative estimate of drug-likeness (QED) is 0.0491. The van der Waals surface area contributed by atoms with Crippen molar-refractivity contribution < 1.29 is 46.9 Å². The number of piperidine rings is 1. The SMILES string of the molecule is COc1cc(CN2CCN(C3CC4(CCN(c5ccc(C(=O)NS(=O)(=O)c6ccc(NCC7CCC(C)(O)CC7)c([N+](=O)[O-])c6)c(N6c7cc8cc[nH]c8nc7O[C@H]7COCC[C@@H]76)c5)CC4)C3)[C@@H](c3ccccc3OC(C)C)C2)cnc1N1CCOC[C@@H]1C. The molecule has 0 bridgehead atoms. The lowest BCUT2D eigenvalue weighted by Crippen LogP contribution is -2.59. The van der Waals surface area contributed by atoms with E-state index in [1.54, 1.807) is 13.2 Å². The third-order valence-electron chi connectivity index (χ3n) is 19.9. The Kier molecular flexibility index (Phi) is 16.9. The van der Waals surface area contributed by atoms with Crippen LogP contribution in [0.15, 0.2) is 96.2 Å². The molecular formula is C66H83N11O11S. The van der Waals surface area contributed by atoms with E-state index in [4.69, 9.17) is 33.7 Å². The summed E-state index contributed by atoms with van der Waals surface area (Å²) in [5.41, 5.74) is 4.22. The lowest BCUT2D eigenvalue weighted by molar-refractivity contribution is -0.384. The summed E-state index contributed by atoms with van der Waals surface area (Å²) in [6, 6.07) is 24.2. The van der Waals surface area contributed by atoms with Gasteiger partial charge >= 0.3 is 0 Å². The minimum Gasteiger partial charge on any atom is -0.493 e. The Labute approximate surface area is 520 Å². The van der Waals surface area contributed by atoms with Gasteiger partial charge in [-0.2, -0.15) is 4.98 Å². The second kappa shape index (κ2) is 24.8. The monoisotopic (exact) mass is 1240 g/mol. The molecule has 4 saturated heterocycles. The molecule has 2 aliphatic carbocycles. The molecule has 4 atom stereocenters. The summed E-state index contributed by atoms with van der Waals surface area (Å²) in [5.74, 6) is 2.21. The van der Waals surface area contributed by atoms with Crippen LogP contribution in [0, 0.1) is 21.4 Å². The highest BCUT2D eigenvalue weighted by Crippen LogP contribution is 2.54. The number of nitro benzene ring substituents is 1. The fraction of sp³-hybridized carbons (Fsp3) is 0.530. The molecule has 6 fully saturated rings. The van der Waals surface area contributed by atoms with E-state index in [1.807, 2.05) is 43.6 Å². The second-order valence-corrected chi connectivity index (χ2v) is 28.0. The number of morpholine rings is 1. The van der Waals surface area contributed by atoms with Gasteiger partial charge in [0.1, 0.15) is 28.9 Å². The van der Waals surface area contributed by atoms with Crippen molar-refractivity contribution in [2.24, 2.45) is 11.3 Å². The van der Waals surface area contributed by atoms with Crippen molar-refractivity contribution in [1.82, 2.24) is 29.5 Å². The van der Waals surface area contributed by atoms with E-state index in [2.05, 4.69) is 90.6 Å². The molecule has 1 spiro atoms. The van der Waals surface area contributed by atoms with Gasteiger partial charge < -0.3 is 53.8 Å².